The first-order chi connectivity index (χ1) is 10.1. The van der Waals surface area contributed by atoms with E-state index in [1.54, 1.807) is 16.3 Å². The van der Waals surface area contributed by atoms with Crippen molar-refractivity contribution >= 4 is 23.2 Å². The van der Waals surface area contributed by atoms with Crippen molar-refractivity contribution in [3.8, 4) is 11.8 Å². The fraction of sp³-hybridized carbons (Fsp3) is 0.467. The second-order valence-corrected chi connectivity index (χ2v) is 5.10. The van der Waals surface area contributed by atoms with E-state index in [4.69, 9.17) is 5.11 Å². The number of nitrogens with one attached hydrogen (secondary N) is 1. The van der Waals surface area contributed by atoms with Crippen molar-refractivity contribution in [2.24, 2.45) is 0 Å². The summed E-state index contributed by atoms with van der Waals surface area (Å²) in [6.07, 6.45) is 0.372. The first-order valence-corrected chi connectivity index (χ1v) is 7.75. The van der Waals surface area contributed by atoms with Crippen molar-refractivity contribution in [1.29, 1.82) is 0 Å². The Balaban J connectivity index is 2.63. The van der Waals surface area contributed by atoms with Gasteiger partial charge in [0.25, 0.3) is 5.91 Å². The molecule has 2 N–H and O–H groups in total. The molecule has 0 aliphatic rings. The molecule has 1 heterocycles. The zero-order valence-electron chi connectivity index (χ0n) is 12.3. The molecule has 114 valence electrons. The fourth-order valence-corrected chi connectivity index (χ4v) is 2.49. The van der Waals surface area contributed by atoms with Crippen molar-refractivity contribution in [2.45, 2.75) is 20.3 Å². The highest BCUT2D eigenvalue weighted by Crippen LogP contribution is 2.15. The number of rotatable bonds is 6. The van der Waals surface area contributed by atoms with Gasteiger partial charge < -0.3 is 15.3 Å². The average molecular weight is 308 g/mol. The Labute approximate surface area is 129 Å². The van der Waals surface area contributed by atoms with E-state index in [2.05, 4.69) is 17.2 Å². The second-order valence-electron chi connectivity index (χ2n) is 4.19. The molecule has 1 rings (SSSR count). The second kappa shape index (κ2) is 9.16. The van der Waals surface area contributed by atoms with Gasteiger partial charge in [0, 0.05) is 25.1 Å². The molecular formula is C15H20N2O3S. The minimum atomic E-state index is -0.293. The number of hydrogen-bond acceptors (Lipinski definition) is 4. The summed E-state index contributed by atoms with van der Waals surface area (Å²) in [6.45, 7) is 5.04. The number of aliphatic hydroxyl groups excluding tert-OH is 1. The number of thiophene rings is 1. The predicted molar refractivity (Wildman–Crippen MR) is 83.2 cm³/mol. The molecule has 21 heavy (non-hydrogen) atoms. The van der Waals surface area contributed by atoms with Crippen LogP contribution in [-0.4, -0.2) is 48.1 Å². The molecule has 0 saturated carbocycles. The highest BCUT2D eigenvalue weighted by molar-refractivity contribution is 7.12. The molecule has 6 heteroatoms. The summed E-state index contributed by atoms with van der Waals surface area (Å²) in [7, 11) is 0. The Bertz CT molecular complexity index is 539. The van der Waals surface area contributed by atoms with E-state index >= 15 is 0 Å². The summed E-state index contributed by atoms with van der Waals surface area (Å²) in [5.41, 5.74) is 0.626. The summed E-state index contributed by atoms with van der Waals surface area (Å²) in [5, 5.41) is 13.1. The number of likely N-dealkylation sites (N-methyl/N-ethyl adjacent to an activating group) is 1. The molecule has 0 fully saturated rings. The molecular weight excluding hydrogens is 288 g/mol. The van der Waals surface area contributed by atoms with Crippen LogP contribution in [0.4, 0.5) is 0 Å². The Morgan fingerprint density at radius 2 is 2.10 bits per heavy atom. The van der Waals surface area contributed by atoms with Gasteiger partial charge >= 0.3 is 0 Å². The van der Waals surface area contributed by atoms with Crippen LogP contribution in [0, 0.1) is 11.8 Å². The molecule has 5 nitrogen and oxygen atoms in total. The van der Waals surface area contributed by atoms with Crippen LogP contribution in [0.15, 0.2) is 11.4 Å². The van der Waals surface area contributed by atoms with E-state index in [-0.39, 0.29) is 25.0 Å². The third-order valence-corrected chi connectivity index (χ3v) is 3.76. The smallest absolute Gasteiger partial charge is 0.263 e. The first-order valence-electron chi connectivity index (χ1n) is 6.87. The van der Waals surface area contributed by atoms with Crippen LogP contribution in [0.3, 0.4) is 0 Å². The van der Waals surface area contributed by atoms with E-state index in [1.807, 2.05) is 13.8 Å². The van der Waals surface area contributed by atoms with Crippen molar-refractivity contribution < 1.29 is 14.7 Å². The summed E-state index contributed by atoms with van der Waals surface area (Å²) >= 11 is 1.29. The molecule has 0 saturated heterocycles. The van der Waals surface area contributed by atoms with Crippen molar-refractivity contribution in [1.82, 2.24) is 10.2 Å². The molecule has 0 unspecified atom stereocenters. The van der Waals surface area contributed by atoms with Crippen LogP contribution in [0.2, 0.25) is 0 Å². The Morgan fingerprint density at radius 3 is 2.71 bits per heavy atom. The van der Waals surface area contributed by atoms with Crippen molar-refractivity contribution in [3.05, 3.63) is 21.9 Å². The van der Waals surface area contributed by atoms with Gasteiger partial charge in [0.05, 0.1) is 13.2 Å². The summed E-state index contributed by atoms with van der Waals surface area (Å²) < 4.78 is 0. The minimum Gasteiger partial charge on any atom is -0.395 e. The van der Waals surface area contributed by atoms with Crippen molar-refractivity contribution in [3.63, 3.8) is 0 Å². The van der Waals surface area contributed by atoms with Crippen LogP contribution in [0.5, 0.6) is 0 Å². The maximum absolute atomic E-state index is 12.1. The first kappa shape index (κ1) is 17.2. The SMILES string of the molecule is CCN(CC)C(=O)CNC(=O)c1sccc1C#CCCO. The monoisotopic (exact) mass is 308 g/mol. The zero-order chi connectivity index (χ0) is 15.7. The predicted octanol–water partition coefficient (Wildman–Crippen LogP) is 1.08. The van der Waals surface area contributed by atoms with E-state index in [1.165, 1.54) is 11.3 Å². The molecule has 0 aromatic carbocycles. The molecule has 0 aliphatic carbocycles. The molecule has 2 amide bonds. The lowest BCUT2D eigenvalue weighted by Gasteiger charge is -2.18. The van der Waals surface area contributed by atoms with Gasteiger partial charge in [0.15, 0.2) is 0 Å². The molecule has 0 radical (unpaired) electrons. The van der Waals surface area contributed by atoms with Gasteiger partial charge in [0.2, 0.25) is 5.91 Å². The number of nitrogens with zero attached hydrogens (tertiary/aromatic N) is 1. The highest BCUT2D eigenvalue weighted by Gasteiger charge is 2.15. The lowest BCUT2D eigenvalue weighted by atomic mass is 10.2. The van der Waals surface area contributed by atoms with Gasteiger partial charge in [-0.05, 0) is 25.3 Å². The Morgan fingerprint density at radius 1 is 1.38 bits per heavy atom. The van der Waals surface area contributed by atoms with Crippen LogP contribution in [0.25, 0.3) is 0 Å². The lowest BCUT2D eigenvalue weighted by Crippen LogP contribution is -2.39. The van der Waals surface area contributed by atoms with Crippen LogP contribution < -0.4 is 5.32 Å². The number of amides is 2. The van der Waals surface area contributed by atoms with E-state index in [9.17, 15) is 9.59 Å². The average Bonchev–Trinajstić information content (AvgIpc) is 2.95. The molecule has 1 aromatic heterocycles. The summed E-state index contributed by atoms with van der Waals surface area (Å²) in [6, 6.07) is 1.76. The number of hydrogen-bond donors (Lipinski definition) is 2. The highest BCUT2D eigenvalue weighted by atomic mass is 32.1. The van der Waals surface area contributed by atoms with Gasteiger partial charge in [-0.2, -0.15) is 0 Å². The van der Waals surface area contributed by atoms with Gasteiger partial charge in [-0.3, -0.25) is 9.59 Å². The van der Waals surface area contributed by atoms with E-state index in [0.29, 0.717) is 30.0 Å². The Hall–Kier alpha value is -1.84. The molecule has 0 atom stereocenters. The molecule has 0 aliphatic heterocycles. The van der Waals surface area contributed by atoms with Gasteiger partial charge in [-0.1, -0.05) is 11.8 Å². The number of carbonyl (C=O) groups is 2. The standard InChI is InChI=1S/C15H20N2O3S/c1-3-17(4-2)13(19)11-16-15(20)14-12(8-10-21-14)7-5-6-9-18/h8,10,18H,3-4,6,9,11H2,1-2H3,(H,16,20). The molecule has 1 aromatic rings. The normalized spacial score (nSPS) is 9.67. The fourth-order valence-electron chi connectivity index (χ4n) is 1.72. The maximum atomic E-state index is 12.1. The third kappa shape index (κ3) is 5.21. The third-order valence-electron chi connectivity index (χ3n) is 2.85. The summed E-state index contributed by atoms with van der Waals surface area (Å²) in [5.74, 6) is 5.25. The lowest BCUT2D eigenvalue weighted by molar-refractivity contribution is -0.129. The van der Waals surface area contributed by atoms with Gasteiger partial charge in [0.1, 0.15) is 4.88 Å². The van der Waals surface area contributed by atoms with Crippen LogP contribution >= 0.6 is 11.3 Å². The quantitative estimate of drug-likeness (QED) is 0.773. The molecule has 0 bridgehead atoms. The van der Waals surface area contributed by atoms with Gasteiger partial charge in [-0.25, -0.2) is 0 Å². The van der Waals surface area contributed by atoms with Crippen molar-refractivity contribution in [2.75, 3.05) is 26.2 Å². The number of carbonyl (C=O) groups excluding carboxylic acids is 2. The number of aliphatic hydroxyl groups is 1. The zero-order valence-corrected chi connectivity index (χ0v) is 13.1. The minimum absolute atomic E-state index is 0.00294. The molecule has 0 spiro atoms. The van der Waals surface area contributed by atoms with Crippen LogP contribution in [-0.2, 0) is 4.79 Å². The Kier molecular flexibility index (Phi) is 7.51. The summed E-state index contributed by atoms with van der Waals surface area (Å²) in [4.78, 5) is 26.1. The van der Waals surface area contributed by atoms with E-state index < -0.39 is 0 Å². The van der Waals surface area contributed by atoms with Crippen LogP contribution in [0.1, 0.15) is 35.5 Å². The van der Waals surface area contributed by atoms with Gasteiger partial charge in [-0.15, -0.1) is 11.3 Å². The maximum Gasteiger partial charge on any atom is 0.263 e. The van der Waals surface area contributed by atoms with E-state index in [0.717, 1.165) is 0 Å². The largest absolute Gasteiger partial charge is 0.395 e. The topological polar surface area (TPSA) is 69.6 Å².